The van der Waals surface area contributed by atoms with Gasteiger partial charge in [0.1, 0.15) is 4.88 Å². The second-order valence-electron chi connectivity index (χ2n) is 6.83. The van der Waals surface area contributed by atoms with Crippen LogP contribution in [0.1, 0.15) is 46.6 Å². The maximum absolute atomic E-state index is 12.4. The molecule has 124 valence electrons. The van der Waals surface area contributed by atoms with Gasteiger partial charge in [0.25, 0.3) is 5.91 Å². The highest BCUT2D eigenvalue weighted by Gasteiger charge is 2.21. The number of rotatable bonds is 5. The van der Waals surface area contributed by atoms with Gasteiger partial charge in [-0.25, -0.2) is 4.98 Å². The minimum atomic E-state index is -0.301. The summed E-state index contributed by atoms with van der Waals surface area (Å²) in [5.41, 5.74) is 2.20. The van der Waals surface area contributed by atoms with Crippen LogP contribution in [0.2, 0.25) is 0 Å². The van der Waals surface area contributed by atoms with Crippen LogP contribution in [0.5, 0.6) is 0 Å². The molecule has 4 nitrogen and oxygen atoms in total. The number of aliphatic hydroxyl groups excluding tert-OH is 1. The zero-order valence-corrected chi connectivity index (χ0v) is 14.9. The Hall–Kier alpha value is -1.72. The molecule has 0 spiro atoms. The van der Waals surface area contributed by atoms with Crippen molar-refractivity contribution in [3.63, 3.8) is 0 Å². The molecule has 0 saturated carbocycles. The molecule has 1 unspecified atom stereocenters. The third-order valence-corrected chi connectivity index (χ3v) is 4.91. The second-order valence-corrected chi connectivity index (χ2v) is 7.86. The summed E-state index contributed by atoms with van der Waals surface area (Å²) in [7, 11) is 0. The van der Waals surface area contributed by atoms with Crippen molar-refractivity contribution in [1.29, 1.82) is 0 Å². The number of thiazole rings is 1. The molecule has 0 aliphatic carbocycles. The molecule has 2 N–H and O–H groups in total. The zero-order valence-electron chi connectivity index (χ0n) is 14.1. The Morgan fingerprint density at radius 2 is 2.13 bits per heavy atom. The molecule has 0 aliphatic rings. The predicted molar refractivity (Wildman–Crippen MR) is 94.0 cm³/mol. The summed E-state index contributed by atoms with van der Waals surface area (Å²) in [5, 5.41) is 13.4. The van der Waals surface area contributed by atoms with E-state index in [1.165, 1.54) is 16.9 Å². The minimum Gasteiger partial charge on any atom is -0.394 e. The lowest BCUT2D eigenvalue weighted by Crippen LogP contribution is -2.38. The van der Waals surface area contributed by atoms with Crippen LogP contribution < -0.4 is 5.32 Å². The van der Waals surface area contributed by atoms with Crippen molar-refractivity contribution >= 4 is 17.2 Å². The van der Waals surface area contributed by atoms with Crippen LogP contribution in [0.25, 0.3) is 0 Å². The Labute approximate surface area is 141 Å². The number of benzene rings is 1. The van der Waals surface area contributed by atoms with Crippen molar-refractivity contribution < 1.29 is 9.90 Å². The summed E-state index contributed by atoms with van der Waals surface area (Å²) in [6.07, 6.45) is 2.22. The summed E-state index contributed by atoms with van der Waals surface area (Å²) in [6, 6.07) is 7.79. The summed E-state index contributed by atoms with van der Waals surface area (Å²) in [6.45, 7) is 8.15. The van der Waals surface area contributed by atoms with Crippen molar-refractivity contribution in [3.8, 4) is 0 Å². The Balaban J connectivity index is 2.03. The standard InChI is InChI=1S/C18H24N2O2S/c1-12-6-5-7-13(8-12)9-14(11-21)20-16(22)15-10-19-17(23-15)18(2,3)4/h5-8,10,14,21H,9,11H2,1-4H3,(H,20,22). The molecule has 2 rings (SSSR count). The number of hydrogen-bond acceptors (Lipinski definition) is 4. The SMILES string of the molecule is Cc1cccc(CC(CO)NC(=O)c2cnc(C(C)(C)C)s2)c1. The van der Waals surface area contributed by atoms with E-state index in [4.69, 9.17) is 0 Å². The van der Waals surface area contributed by atoms with Crippen molar-refractivity contribution in [2.75, 3.05) is 6.61 Å². The van der Waals surface area contributed by atoms with Crippen LogP contribution in [-0.2, 0) is 11.8 Å². The lowest BCUT2D eigenvalue weighted by atomic mass is 9.98. The molecule has 2 aromatic rings. The third-order valence-electron chi connectivity index (χ3n) is 3.49. The highest BCUT2D eigenvalue weighted by atomic mass is 32.1. The fraction of sp³-hybridized carbons (Fsp3) is 0.444. The molecule has 0 saturated heterocycles. The van der Waals surface area contributed by atoms with Crippen LogP contribution in [0, 0.1) is 6.92 Å². The maximum atomic E-state index is 12.4. The van der Waals surface area contributed by atoms with Crippen LogP contribution in [-0.4, -0.2) is 28.6 Å². The number of nitrogens with one attached hydrogen (secondary N) is 1. The number of aryl methyl sites for hydroxylation is 1. The molecule has 23 heavy (non-hydrogen) atoms. The Kier molecular flexibility index (Phi) is 5.55. The average molecular weight is 332 g/mol. The Morgan fingerprint density at radius 1 is 1.39 bits per heavy atom. The first-order valence-corrected chi connectivity index (χ1v) is 8.55. The first-order valence-electron chi connectivity index (χ1n) is 7.73. The molecule has 0 aliphatic heterocycles. The predicted octanol–water partition coefficient (Wildman–Crippen LogP) is 3.08. The highest BCUT2D eigenvalue weighted by Crippen LogP contribution is 2.26. The zero-order chi connectivity index (χ0) is 17.0. The molecule has 1 aromatic carbocycles. The number of nitrogens with zero attached hydrogens (tertiary/aromatic N) is 1. The van der Waals surface area contributed by atoms with Gasteiger partial charge in [0, 0.05) is 5.41 Å². The van der Waals surface area contributed by atoms with Crippen LogP contribution in [0.3, 0.4) is 0 Å². The van der Waals surface area contributed by atoms with Crippen molar-refractivity contribution in [2.24, 2.45) is 0 Å². The maximum Gasteiger partial charge on any atom is 0.263 e. The average Bonchev–Trinajstić information content (AvgIpc) is 2.96. The number of carbonyl (C=O) groups is 1. The molecule has 1 atom stereocenters. The van der Waals surface area contributed by atoms with E-state index >= 15 is 0 Å². The largest absolute Gasteiger partial charge is 0.394 e. The van der Waals surface area contributed by atoms with Crippen molar-refractivity contribution in [2.45, 2.75) is 45.6 Å². The van der Waals surface area contributed by atoms with Crippen molar-refractivity contribution in [1.82, 2.24) is 10.3 Å². The van der Waals surface area contributed by atoms with Gasteiger partial charge in [0.05, 0.1) is 23.9 Å². The summed E-state index contributed by atoms with van der Waals surface area (Å²) >= 11 is 1.40. The first kappa shape index (κ1) is 17.6. The minimum absolute atomic E-state index is 0.0683. The molecule has 0 radical (unpaired) electrons. The summed E-state index contributed by atoms with van der Waals surface area (Å²) < 4.78 is 0. The number of aromatic nitrogens is 1. The van der Waals surface area contributed by atoms with Crippen LogP contribution in [0.15, 0.2) is 30.5 Å². The van der Waals surface area contributed by atoms with E-state index in [1.807, 2.05) is 25.1 Å². The van der Waals surface area contributed by atoms with Crippen LogP contribution >= 0.6 is 11.3 Å². The van der Waals surface area contributed by atoms with Gasteiger partial charge in [-0.05, 0) is 18.9 Å². The molecule has 5 heteroatoms. The van der Waals surface area contributed by atoms with Gasteiger partial charge in [-0.2, -0.15) is 0 Å². The smallest absolute Gasteiger partial charge is 0.263 e. The fourth-order valence-corrected chi connectivity index (χ4v) is 3.14. The molecule has 1 amide bonds. The number of hydrogen-bond donors (Lipinski definition) is 2. The van der Waals surface area contributed by atoms with Gasteiger partial charge < -0.3 is 10.4 Å². The fourth-order valence-electron chi connectivity index (χ4n) is 2.27. The monoisotopic (exact) mass is 332 g/mol. The van der Waals surface area contributed by atoms with Gasteiger partial charge >= 0.3 is 0 Å². The second kappa shape index (κ2) is 7.23. The van der Waals surface area contributed by atoms with Crippen LogP contribution in [0.4, 0.5) is 0 Å². The van der Waals surface area contributed by atoms with E-state index in [9.17, 15) is 9.90 Å². The molecular formula is C18H24N2O2S. The van der Waals surface area contributed by atoms with E-state index < -0.39 is 0 Å². The first-order chi connectivity index (χ1) is 10.8. The van der Waals surface area contributed by atoms with E-state index in [0.717, 1.165) is 10.6 Å². The number of aliphatic hydroxyl groups is 1. The van der Waals surface area contributed by atoms with Gasteiger partial charge in [0.2, 0.25) is 0 Å². The molecular weight excluding hydrogens is 308 g/mol. The lowest BCUT2D eigenvalue weighted by molar-refractivity contribution is 0.0920. The van der Waals surface area contributed by atoms with Gasteiger partial charge in [-0.3, -0.25) is 4.79 Å². The van der Waals surface area contributed by atoms with E-state index in [2.05, 4.69) is 37.1 Å². The van der Waals surface area contributed by atoms with Gasteiger partial charge in [0.15, 0.2) is 0 Å². The quantitative estimate of drug-likeness (QED) is 0.884. The van der Waals surface area contributed by atoms with Crippen molar-refractivity contribution in [3.05, 3.63) is 51.5 Å². The lowest BCUT2D eigenvalue weighted by Gasteiger charge is -2.16. The Bertz CT molecular complexity index is 674. The van der Waals surface area contributed by atoms with Gasteiger partial charge in [-0.15, -0.1) is 11.3 Å². The number of amides is 1. The molecule has 1 aromatic heterocycles. The summed E-state index contributed by atoms with van der Waals surface area (Å²) in [5.74, 6) is -0.176. The van der Waals surface area contributed by atoms with E-state index in [-0.39, 0.29) is 24.0 Å². The van der Waals surface area contributed by atoms with E-state index in [1.54, 1.807) is 6.20 Å². The number of carbonyl (C=O) groups excluding carboxylic acids is 1. The molecule has 0 bridgehead atoms. The highest BCUT2D eigenvalue weighted by molar-refractivity contribution is 7.13. The molecule has 0 fully saturated rings. The summed E-state index contributed by atoms with van der Waals surface area (Å²) in [4.78, 5) is 17.3. The van der Waals surface area contributed by atoms with Gasteiger partial charge in [-0.1, -0.05) is 50.6 Å². The van der Waals surface area contributed by atoms with E-state index in [0.29, 0.717) is 11.3 Å². The topological polar surface area (TPSA) is 62.2 Å². The third kappa shape index (κ3) is 4.88. The normalized spacial score (nSPS) is 12.9. The molecule has 1 heterocycles. The Morgan fingerprint density at radius 3 is 2.70 bits per heavy atom.